The molecule has 0 fully saturated rings. The van der Waals surface area contributed by atoms with Gasteiger partial charge < -0.3 is 11.1 Å². The number of nitro benzene ring substituents is 1. The van der Waals surface area contributed by atoms with Gasteiger partial charge >= 0.3 is 0 Å². The molecule has 104 valence electrons. The normalized spacial score (nSPS) is 11.3. The number of pyridine rings is 1. The molecule has 0 bridgehead atoms. The summed E-state index contributed by atoms with van der Waals surface area (Å²) in [4.78, 5) is 25.8. The first kappa shape index (κ1) is 13.7. The van der Waals surface area contributed by atoms with E-state index in [1.54, 1.807) is 32.0 Å². The largest absolute Gasteiger partial charge is 0.368 e. The van der Waals surface area contributed by atoms with Gasteiger partial charge in [0.2, 0.25) is 5.91 Å². The molecule has 0 aliphatic heterocycles. The van der Waals surface area contributed by atoms with Crippen LogP contribution in [0.3, 0.4) is 0 Å². The van der Waals surface area contributed by atoms with E-state index >= 15 is 0 Å². The molecule has 2 rings (SSSR count). The zero-order valence-electron chi connectivity index (χ0n) is 11.1. The van der Waals surface area contributed by atoms with Gasteiger partial charge in [0.15, 0.2) is 0 Å². The first-order valence-corrected chi connectivity index (χ1v) is 5.93. The molecule has 0 saturated heterocycles. The van der Waals surface area contributed by atoms with Crippen LogP contribution in [0.4, 0.5) is 11.5 Å². The van der Waals surface area contributed by atoms with Gasteiger partial charge in [-0.3, -0.25) is 14.9 Å². The molecule has 0 spiro atoms. The third-order valence-corrected chi connectivity index (χ3v) is 2.94. The smallest absolute Gasteiger partial charge is 0.270 e. The van der Waals surface area contributed by atoms with Gasteiger partial charge in [-0.15, -0.1) is 0 Å². The topological polar surface area (TPSA) is 111 Å². The summed E-state index contributed by atoms with van der Waals surface area (Å²) in [7, 11) is 0. The van der Waals surface area contributed by atoms with Crippen molar-refractivity contribution in [1.29, 1.82) is 0 Å². The third kappa shape index (κ3) is 2.66. The van der Waals surface area contributed by atoms with Gasteiger partial charge in [0.25, 0.3) is 5.69 Å². The summed E-state index contributed by atoms with van der Waals surface area (Å²) in [5.74, 6) is -0.0155. The first-order chi connectivity index (χ1) is 9.29. The van der Waals surface area contributed by atoms with E-state index in [1.165, 1.54) is 12.1 Å². The van der Waals surface area contributed by atoms with Gasteiger partial charge in [-0.25, -0.2) is 4.98 Å². The molecule has 0 unspecified atom stereocenters. The minimum absolute atomic E-state index is 0.0116. The maximum atomic E-state index is 11.3. The van der Waals surface area contributed by atoms with Crippen LogP contribution in [0.5, 0.6) is 0 Å². The molecule has 1 amide bonds. The summed E-state index contributed by atoms with van der Waals surface area (Å²) in [6, 6.07) is 7.76. The number of carbonyl (C=O) groups excluding carboxylic acids is 1. The molecular formula is C13H14N4O3. The Bertz CT molecular complexity index is 697. The molecule has 1 aromatic carbocycles. The number of nitro groups is 1. The van der Waals surface area contributed by atoms with Crippen LogP contribution in [0.1, 0.15) is 13.8 Å². The number of nitrogens with zero attached hydrogens (tertiary/aromatic N) is 2. The second-order valence-corrected chi connectivity index (χ2v) is 4.94. The van der Waals surface area contributed by atoms with Crippen LogP contribution < -0.4 is 11.1 Å². The van der Waals surface area contributed by atoms with Crippen molar-refractivity contribution in [3.63, 3.8) is 0 Å². The van der Waals surface area contributed by atoms with Gasteiger partial charge in [0.1, 0.15) is 11.4 Å². The summed E-state index contributed by atoms with van der Waals surface area (Å²) >= 11 is 0. The first-order valence-electron chi connectivity index (χ1n) is 5.93. The van der Waals surface area contributed by atoms with Crippen molar-refractivity contribution < 1.29 is 9.72 Å². The SMILES string of the molecule is CC(C)(Nc1ccc2cc([N+](=O)[O-])ccc2n1)C(N)=O. The fraction of sp³-hybridized carbons (Fsp3) is 0.231. The second-order valence-electron chi connectivity index (χ2n) is 4.94. The van der Waals surface area contributed by atoms with Crippen molar-refractivity contribution in [2.45, 2.75) is 19.4 Å². The summed E-state index contributed by atoms with van der Waals surface area (Å²) in [5, 5.41) is 14.3. The van der Waals surface area contributed by atoms with E-state index in [9.17, 15) is 14.9 Å². The zero-order chi connectivity index (χ0) is 14.9. The minimum atomic E-state index is -0.929. The van der Waals surface area contributed by atoms with Crippen molar-refractivity contribution in [3.05, 3.63) is 40.4 Å². The molecule has 7 nitrogen and oxygen atoms in total. The number of nitrogens with two attached hydrogens (primary N) is 1. The quantitative estimate of drug-likeness (QED) is 0.652. The highest BCUT2D eigenvalue weighted by atomic mass is 16.6. The van der Waals surface area contributed by atoms with Crippen LogP contribution in [0, 0.1) is 10.1 Å². The van der Waals surface area contributed by atoms with Crippen LogP contribution in [-0.2, 0) is 4.79 Å². The number of benzene rings is 1. The third-order valence-electron chi connectivity index (χ3n) is 2.94. The highest BCUT2D eigenvalue weighted by Gasteiger charge is 2.24. The Kier molecular flexibility index (Phi) is 3.27. The van der Waals surface area contributed by atoms with Crippen molar-refractivity contribution in [2.24, 2.45) is 5.73 Å². The van der Waals surface area contributed by atoms with Gasteiger partial charge in [-0.1, -0.05) is 0 Å². The highest BCUT2D eigenvalue weighted by molar-refractivity contribution is 5.87. The Morgan fingerprint density at radius 1 is 1.35 bits per heavy atom. The summed E-state index contributed by atoms with van der Waals surface area (Å²) in [5.41, 5.74) is 4.96. The van der Waals surface area contributed by atoms with Crippen LogP contribution in [0.25, 0.3) is 10.9 Å². The van der Waals surface area contributed by atoms with E-state index in [1.807, 2.05) is 0 Å². The molecule has 20 heavy (non-hydrogen) atoms. The van der Waals surface area contributed by atoms with Gasteiger partial charge in [0, 0.05) is 17.5 Å². The predicted molar refractivity (Wildman–Crippen MR) is 75.3 cm³/mol. The lowest BCUT2D eigenvalue weighted by molar-refractivity contribution is -0.384. The Labute approximate surface area is 114 Å². The number of carbonyl (C=O) groups is 1. The number of hydrogen-bond acceptors (Lipinski definition) is 5. The summed E-state index contributed by atoms with van der Waals surface area (Å²) < 4.78 is 0. The van der Waals surface area contributed by atoms with Crippen LogP contribution >= 0.6 is 0 Å². The minimum Gasteiger partial charge on any atom is -0.368 e. The number of nitrogens with one attached hydrogen (secondary N) is 1. The number of anilines is 1. The van der Waals surface area contributed by atoms with E-state index in [4.69, 9.17) is 5.73 Å². The van der Waals surface area contributed by atoms with Gasteiger partial charge in [-0.2, -0.15) is 0 Å². The standard InChI is InChI=1S/C13H14N4O3/c1-13(2,12(14)18)16-11-6-3-8-7-9(17(19)20)4-5-10(8)15-11/h3-7H,1-2H3,(H2,14,18)(H,15,16). The molecule has 1 heterocycles. The van der Waals surface area contributed by atoms with Crippen LogP contribution in [-0.4, -0.2) is 21.4 Å². The van der Waals surface area contributed by atoms with Crippen molar-refractivity contribution >= 4 is 28.3 Å². The Balaban J connectivity index is 2.38. The Morgan fingerprint density at radius 3 is 2.65 bits per heavy atom. The summed E-state index contributed by atoms with van der Waals surface area (Å²) in [6.45, 7) is 3.30. The lowest BCUT2D eigenvalue weighted by atomic mass is 10.1. The van der Waals surface area contributed by atoms with E-state index in [-0.39, 0.29) is 5.69 Å². The number of hydrogen-bond donors (Lipinski definition) is 2. The van der Waals surface area contributed by atoms with E-state index in [2.05, 4.69) is 10.3 Å². The zero-order valence-corrected chi connectivity index (χ0v) is 11.1. The molecule has 0 atom stereocenters. The molecule has 3 N–H and O–H groups in total. The summed E-state index contributed by atoms with van der Waals surface area (Å²) in [6.07, 6.45) is 0. The maximum absolute atomic E-state index is 11.3. The molecule has 0 aliphatic rings. The molecule has 0 radical (unpaired) electrons. The van der Waals surface area contributed by atoms with Gasteiger partial charge in [-0.05, 0) is 32.0 Å². The second kappa shape index (κ2) is 4.76. The number of non-ortho nitro benzene ring substituents is 1. The van der Waals surface area contributed by atoms with Gasteiger partial charge in [0.05, 0.1) is 10.4 Å². The lowest BCUT2D eigenvalue weighted by Gasteiger charge is -2.22. The van der Waals surface area contributed by atoms with Crippen LogP contribution in [0.15, 0.2) is 30.3 Å². The average Bonchev–Trinajstić information content (AvgIpc) is 2.37. The molecule has 1 aromatic heterocycles. The number of fused-ring (bicyclic) bond motifs is 1. The van der Waals surface area contributed by atoms with Crippen molar-refractivity contribution in [3.8, 4) is 0 Å². The van der Waals surface area contributed by atoms with Crippen molar-refractivity contribution in [2.75, 3.05) is 5.32 Å². The Morgan fingerprint density at radius 2 is 2.05 bits per heavy atom. The molecule has 7 heteroatoms. The van der Waals surface area contributed by atoms with E-state index < -0.39 is 16.4 Å². The monoisotopic (exact) mass is 274 g/mol. The maximum Gasteiger partial charge on any atom is 0.270 e. The van der Waals surface area contributed by atoms with Crippen molar-refractivity contribution in [1.82, 2.24) is 4.98 Å². The molecular weight excluding hydrogens is 260 g/mol. The highest BCUT2D eigenvalue weighted by Crippen LogP contribution is 2.22. The molecule has 0 aliphatic carbocycles. The lowest BCUT2D eigenvalue weighted by Crippen LogP contribution is -2.45. The van der Waals surface area contributed by atoms with Crippen LogP contribution in [0.2, 0.25) is 0 Å². The number of amides is 1. The predicted octanol–water partition coefficient (Wildman–Crippen LogP) is 1.82. The fourth-order valence-electron chi connectivity index (χ4n) is 1.68. The number of rotatable bonds is 4. The molecule has 2 aromatic rings. The fourth-order valence-corrected chi connectivity index (χ4v) is 1.68. The Hall–Kier alpha value is -2.70. The number of primary amides is 1. The molecule has 0 saturated carbocycles. The van der Waals surface area contributed by atoms with E-state index in [0.717, 1.165) is 0 Å². The van der Waals surface area contributed by atoms with E-state index in [0.29, 0.717) is 16.7 Å². The average molecular weight is 274 g/mol. The number of aromatic nitrogens is 1.